The molecule has 0 saturated heterocycles. The Morgan fingerprint density at radius 3 is 2.48 bits per heavy atom. The zero-order valence-corrected chi connectivity index (χ0v) is 18.2. The number of pyridine rings is 1. The van der Waals surface area contributed by atoms with Crippen LogP contribution in [-0.2, 0) is 16.0 Å². The van der Waals surface area contributed by atoms with Gasteiger partial charge in [-0.15, -0.1) is 0 Å². The molecule has 3 rings (SSSR count). The van der Waals surface area contributed by atoms with Crippen LogP contribution in [0.1, 0.15) is 27.2 Å². The van der Waals surface area contributed by atoms with Gasteiger partial charge in [0.15, 0.2) is 18.1 Å². The third-order valence-corrected chi connectivity index (χ3v) is 5.06. The number of hydrogen-bond acceptors (Lipinski definition) is 6. The average molecular weight is 422 g/mol. The van der Waals surface area contributed by atoms with Gasteiger partial charge in [-0.1, -0.05) is 24.3 Å². The highest BCUT2D eigenvalue weighted by atomic mass is 16.5. The van der Waals surface area contributed by atoms with Crippen LogP contribution < -0.4 is 14.8 Å². The molecule has 3 aromatic rings. The van der Waals surface area contributed by atoms with Crippen LogP contribution in [0, 0.1) is 13.8 Å². The summed E-state index contributed by atoms with van der Waals surface area (Å²) in [6, 6.07) is 13.2. The average Bonchev–Trinajstić information content (AvgIpc) is 2.77. The van der Waals surface area contributed by atoms with Crippen LogP contribution in [0.4, 0.5) is 0 Å². The number of carbonyl (C=O) groups is 2. The monoisotopic (exact) mass is 422 g/mol. The third kappa shape index (κ3) is 5.12. The van der Waals surface area contributed by atoms with E-state index in [-0.39, 0.29) is 12.5 Å². The standard InChI is InChI=1S/C24H26N2O5/c1-15-18-7-5-6-8-19(18)26-16(2)23(15)24(28)31-14-22(27)25-12-11-17-9-10-20(29-3)21(13-17)30-4/h5-10,13H,11-12,14H2,1-4H3,(H,25,27). The van der Waals surface area contributed by atoms with E-state index in [0.29, 0.717) is 35.7 Å². The largest absolute Gasteiger partial charge is 0.493 e. The number of nitrogens with one attached hydrogen (secondary N) is 1. The van der Waals surface area contributed by atoms with Gasteiger partial charge in [-0.25, -0.2) is 4.79 Å². The van der Waals surface area contributed by atoms with Gasteiger partial charge in [0.2, 0.25) is 0 Å². The summed E-state index contributed by atoms with van der Waals surface area (Å²) in [4.78, 5) is 29.2. The second-order valence-corrected chi connectivity index (χ2v) is 7.08. The Morgan fingerprint density at radius 2 is 1.74 bits per heavy atom. The number of carbonyl (C=O) groups excluding carboxylic acids is 2. The molecule has 0 bridgehead atoms. The molecule has 7 heteroatoms. The summed E-state index contributed by atoms with van der Waals surface area (Å²) in [6.07, 6.45) is 0.604. The molecule has 7 nitrogen and oxygen atoms in total. The van der Waals surface area contributed by atoms with Crippen LogP contribution in [-0.4, -0.2) is 44.2 Å². The normalized spacial score (nSPS) is 10.6. The second kappa shape index (κ2) is 9.93. The summed E-state index contributed by atoms with van der Waals surface area (Å²) in [5.74, 6) is 0.368. The predicted octanol–water partition coefficient (Wildman–Crippen LogP) is 3.38. The number of aromatic nitrogens is 1. The molecule has 162 valence electrons. The lowest BCUT2D eigenvalue weighted by Gasteiger charge is -2.12. The van der Waals surface area contributed by atoms with Crippen LogP contribution in [0.2, 0.25) is 0 Å². The van der Waals surface area contributed by atoms with Gasteiger partial charge in [-0.2, -0.15) is 0 Å². The molecule has 0 unspecified atom stereocenters. The Kier molecular flexibility index (Phi) is 7.07. The van der Waals surface area contributed by atoms with Gasteiger partial charge in [0.1, 0.15) is 0 Å². The second-order valence-electron chi connectivity index (χ2n) is 7.08. The highest BCUT2D eigenvalue weighted by Crippen LogP contribution is 2.27. The molecule has 1 N–H and O–H groups in total. The van der Waals surface area contributed by atoms with Gasteiger partial charge in [0, 0.05) is 11.9 Å². The van der Waals surface area contributed by atoms with E-state index in [9.17, 15) is 9.59 Å². The summed E-state index contributed by atoms with van der Waals surface area (Å²) >= 11 is 0. The molecule has 2 aromatic carbocycles. The molecule has 0 aliphatic carbocycles. The van der Waals surface area contributed by atoms with Crippen molar-refractivity contribution in [2.24, 2.45) is 0 Å². The van der Waals surface area contributed by atoms with Crippen molar-refractivity contribution in [1.82, 2.24) is 10.3 Å². The van der Waals surface area contributed by atoms with Crippen molar-refractivity contribution in [3.8, 4) is 11.5 Å². The summed E-state index contributed by atoms with van der Waals surface area (Å²) in [5, 5.41) is 3.65. The van der Waals surface area contributed by atoms with E-state index in [1.807, 2.05) is 49.4 Å². The molecule has 1 amide bonds. The molecule has 0 radical (unpaired) electrons. The molecule has 0 aliphatic heterocycles. The minimum Gasteiger partial charge on any atom is -0.493 e. The fraction of sp³-hybridized carbons (Fsp3) is 0.292. The van der Waals surface area contributed by atoms with Crippen molar-refractivity contribution < 1.29 is 23.8 Å². The predicted molar refractivity (Wildman–Crippen MR) is 118 cm³/mol. The van der Waals surface area contributed by atoms with Gasteiger partial charge < -0.3 is 19.5 Å². The molecule has 1 heterocycles. The number of ether oxygens (including phenoxy) is 3. The molecule has 0 atom stereocenters. The maximum absolute atomic E-state index is 12.6. The molecule has 1 aromatic heterocycles. The highest BCUT2D eigenvalue weighted by molar-refractivity contribution is 5.99. The van der Waals surface area contributed by atoms with Crippen LogP contribution in [0.25, 0.3) is 10.9 Å². The molecule has 31 heavy (non-hydrogen) atoms. The number of rotatable bonds is 8. The summed E-state index contributed by atoms with van der Waals surface area (Å²) in [6.45, 7) is 3.67. The first-order valence-electron chi connectivity index (χ1n) is 9.95. The lowest BCUT2D eigenvalue weighted by atomic mass is 10.0. The Morgan fingerprint density at radius 1 is 1.00 bits per heavy atom. The number of para-hydroxylation sites is 1. The van der Waals surface area contributed by atoms with E-state index in [1.165, 1.54) is 0 Å². The van der Waals surface area contributed by atoms with Crippen LogP contribution >= 0.6 is 0 Å². The smallest absolute Gasteiger partial charge is 0.340 e. The Bertz CT molecular complexity index is 1110. The van der Waals surface area contributed by atoms with Gasteiger partial charge in [-0.05, 0) is 49.6 Å². The topological polar surface area (TPSA) is 86.8 Å². The first-order valence-corrected chi connectivity index (χ1v) is 9.95. The lowest BCUT2D eigenvalue weighted by molar-refractivity contribution is -0.124. The van der Waals surface area contributed by atoms with Crippen molar-refractivity contribution in [1.29, 1.82) is 0 Å². The van der Waals surface area contributed by atoms with E-state index < -0.39 is 5.97 Å². The quantitative estimate of drug-likeness (QED) is 0.560. The highest BCUT2D eigenvalue weighted by Gasteiger charge is 2.18. The van der Waals surface area contributed by atoms with E-state index in [4.69, 9.17) is 14.2 Å². The fourth-order valence-electron chi connectivity index (χ4n) is 3.47. The number of aryl methyl sites for hydroxylation is 2. The van der Waals surface area contributed by atoms with Crippen LogP contribution in [0.5, 0.6) is 11.5 Å². The van der Waals surface area contributed by atoms with Crippen molar-refractivity contribution in [2.75, 3.05) is 27.4 Å². The zero-order chi connectivity index (χ0) is 22.4. The third-order valence-electron chi connectivity index (χ3n) is 5.06. The molecule has 0 spiro atoms. The van der Waals surface area contributed by atoms with E-state index in [0.717, 1.165) is 22.0 Å². The molecule has 0 aliphatic rings. The number of benzene rings is 2. The van der Waals surface area contributed by atoms with Gasteiger partial charge >= 0.3 is 5.97 Å². The van der Waals surface area contributed by atoms with Crippen LogP contribution in [0.15, 0.2) is 42.5 Å². The SMILES string of the molecule is COc1ccc(CCNC(=O)COC(=O)c2c(C)nc3ccccc3c2C)cc1OC. The Hall–Kier alpha value is -3.61. The number of esters is 1. The number of nitrogens with zero attached hydrogens (tertiary/aromatic N) is 1. The lowest BCUT2D eigenvalue weighted by Crippen LogP contribution is -2.30. The van der Waals surface area contributed by atoms with Crippen LogP contribution in [0.3, 0.4) is 0 Å². The van der Waals surface area contributed by atoms with Crippen molar-refractivity contribution in [2.45, 2.75) is 20.3 Å². The van der Waals surface area contributed by atoms with Crippen molar-refractivity contribution in [3.63, 3.8) is 0 Å². The minimum absolute atomic E-state index is 0.351. The molecular formula is C24H26N2O5. The van der Waals surface area contributed by atoms with E-state index in [2.05, 4.69) is 10.3 Å². The van der Waals surface area contributed by atoms with Crippen molar-refractivity contribution in [3.05, 3.63) is 64.8 Å². The maximum Gasteiger partial charge on any atom is 0.340 e. The minimum atomic E-state index is -0.553. The maximum atomic E-state index is 12.6. The first-order chi connectivity index (χ1) is 14.9. The molecule has 0 fully saturated rings. The molecular weight excluding hydrogens is 396 g/mol. The fourth-order valence-corrected chi connectivity index (χ4v) is 3.47. The summed E-state index contributed by atoms with van der Waals surface area (Å²) < 4.78 is 15.7. The number of amides is 1. The Labute approximate surface area is 181 Å². The summed E-state index contributed by atoms with van der Waals surface area (Å²) in [7, 11) is 3.16. The number of hydrogen-bond donors (Lipinski definition) is 1. The van der Waals surface area contributed by atoms with E-state index in [1.54, 1.807) is 21.1 Å². The zero-order valence-electron chi connectivity index (χ0n) is 18.2. The number of fused-ring (bicyclic) bond motifs is 1. The first kappa shape index (κ1) is 22.1. The van der Waals surface area contributed by atoms with Crippen molar-refractivity contribution >= 4 is 22.8 Å². The van der Waals surface area contributed by atoms with E-state index >= 15 is 0 Å². The number of methoxy groups -OCH3 is 2. The van der Waals surface area contributed by atoms with Gasteiger partial charge in [0.05, 0.1) is 31.0 Å². The summed E-state index contributed by atoms with van der Waals surface area (Å²) in [5.41, 5.74) is 3.58. The van der Waals surface area contributed by atoms with Gasteiger partial charge in [0.25, 0.3) is 5.91 Å². The molecule has 0 saturated carbocycles. The Balaban J connectivity index is 1.54. The van der Waals surface area contributed by atoms with Gasteiger partial charge in [-0.3, -0.25) is 9.78 Å².